The number of tetrazole rings is 1. The third-order valence-corrected chi connectivity index (χ3v) is 3.89. The minimum absolute atomic E-state index is 0.430. The van der Waals surface area contributed by atoms with Crippen LogP contribution in [0.1, 0.15) is 13.3 Å². The van der Waals surface area contributed by atoms with E-state index in [2.05, 4.69) is 15.5 Å². The van der Waals surface area contributed by atoms with Crippen LogP contribution in [0.4, 0.5) is 0 Å². The van der Waals surface area contributed by atoms with Crippen molar-refractivity contribution in [2.75, 3.05) is 0 Å². The number of carboxylic acid groups (broad SMARTS) is 1. The fraction of sp³-hybridized carbons (Fsp3) is 0.400. The number of nitrogens with zero attached hydrogens (tertiary/aromatic N) is 4. The number of hydrogen-bond acceptors (Lipinski definition) is 5. The number of rotatable bonds is 5. The van der Waals surface area contributed by atoms with Gasteiger partial charge in [-0.2, -0.15) is 0 Å². The van der Waals surface area contributed by atoms with Crippen LogP contribution in [-0.2, 0) is 11.3 Å². The number of aliphatic carboxylic acids is 1. The van der Waals surface area contributed by atoms with E-state index in [-0.39, 0.29) is 0 Å². The highest BCUT2D eigenvalue weighted by Gasteiger charge is 2.16. The molecule has 96 valence electrons. The number of thiophene rings is 1. The Morgan fingerprint density at radius 3 is 3.06 bits per heavy atom. The summed E-state index contributed by atoms with van der Waals surface area (Å²) in [7, 11) is 0. The maximum atomic E-state index is 10.7. The van der Waals surface area contributed by atoms with Gasteiger partial charge in [-0.3, -0.25) is 4.79 Å². The number of aromatic nitrogens is 4. The highest BCUT2D eigenvalue weighted by Crippen LogP contribution is 2.31. The second-order valence-corrected chi connectivity index (χ2v) is 5.17. The van der Waals surface area contributed by atoms with Crippen LogP contribution >= 0.6 is 22.9 Å². The largest absolute Gasteiger partial charge is 0.481 e. The summed E-state index contributed by atoms with van der Waals surface area (Å²) in [6, 6.07) is 1.78. The first kappa shape index (κ1) is 13.0. The van der Waals surface area contributed by atoms with Crippen molar-refractivity contribution in [2.45, 2.75) is 19.9 Å². The van der Waals surface area contributed by atoms with Gasteiger partial charge in [0.1, 0.15) is 0 Å². The molecule has 6 nitrogen and oxygen atoms in total. The molecule has 0 fully saturated rings. The molecule has 0 radical (unpaired) electrons. The van der Waals surface area contributed by atoms with E-state index < -0.39 is 11.9 Å². The normalized spacial score (nSPS) is 12.6. The Hall–Kier alpha value is -1.47. The van der Waals surface area contributed by atoms with Crippen molar-refractivity contribution in [3.8, 4) is 10.7 Å². The van der Waals surface area contributed by atoms with Crippen LogP contribution in [0.25, 0.3) is 10.7 Å². The first-order valence-electron chi connectivity index (χ1n) is 5.32. The van der Waals surface area contributed by atoms with E-state index in [9.17, 15) is 4.79 Å². The second-order valence-electron chi connectivity index (χ2n) is 3.85. The van der Waals surface area contributed by atoms with E-state index >= 15 is 0 Å². The zero-order valence-electron chi connectivity index (χ0n) is 9.58. The number of carbonyl (C=O) groups is 1. The molecule has 0 bridgehead atoms. The molecule has 8 heteroatoms. The van der Waals surface area contributed by atoms with E-state index in [1.807, 2.05) is 5.38 Å². The summed E-state index contributed by atoms with van der Waals surface area (Å²) < 4.78 is 1.58. The van der Waals surface area contributed by atoms with Crippen LogP contribution in [0.2, 0.25) is 5.02 Å². The minimum Gasteiger partial charge on any atom is -0.481 e. The van der Waals surface area contributed by atoms with Gasteiger partial charge in [0.05, 0.1) is 15.8 Å². The molecule has 2 aromatic heterocycles. The molecule has 0 aliphatic heterocycles. The summed E-state index contributed by atoms with van der Waals surface area (Å²) in [5.74, 6) is -0.674. The highest BCUT2D eigenvalue weighted by atomic mass is 35.5. The molecule has 2 heterocycles. The maximum Gasteiger partial charge on any atom is 0.306 e. The summed E-state index contributed by atoms with van der Waals surface area (Å²) in [4.78, 5) is 11.5. The first-order chi connectivity index (χ1) is 8.59. The van der Waals surface area contributed by atoms with E-state index in [1.165, 1.54) is 11.3 Å². The van der Waals surface area contributed by atoms with Gasteiger partial charge in [-0.25, -0.2) is 4.68 Å². The lowest BCUT2D eigenvalue weighted by atomic mass is 10.1. The average molecular weight is 287 g/mol. The van der Waals surface area contributed by atoms with Gasteiger partial charge in [-0.15, -0.1) is 16.4 Å². The van der Waals surface area contributed by atoms with Gasteiger partial charge >= 0.3 is 5.97 Å². The van der Waals surface area contributed by atoms with Crippen LogP contribution in [0, 0.1) is 5.92 Å². The van der Waals surface area contributed by atoms with E-state index in [0.717, 1.165) is 4.88 Å². The zero-order valence-corrected chi connectivity index (χ0v) is 11.1. The average Bonchev–Trinajstić information content (AvgIpc) is 2.93. The Bertz CT molecular complexity index is 554. The molecule has 0 spiro atoms. The Kier molecular flexibility index (Phi) is 3.93. The van der Waals surface area contributed by atoms with Crippen LogP contribution in [0.3, 0.4) is 0 Å². The van der Waals surface area contributed by atoms with Crippen LogP contribution in [-0.4, -0.2) is 31.3 Å². The molecule has 2 rings (SSSR count). The van der Waals surface area contributed by atoms with E-state index in [4.69, 9.17) is 16.7 Å². The number of carboxylic acids is 1. The molecule has 1 unspecified atom stereocenters. The predicted octanol–water partition coefficient (Wildman–Crippen LogP) is 2.17. The summed E-state index contributed by atoms with van der Waals surface area (Å²) in [6.07, 6.45) is 0.469. The van der Waals surface area contributed by atoms with Crippen molar-refractivity contribution in [3.05, 3.63) is 16.5 Å². The Labute approximate surface area is 112 Å². The molecule has 0 saturated carbocycles. The molecule has 1 atom stereocenters. The van der Waals surface area contributed by atoms with Gasteiger partial charge < -0.3 is 5.11 Å². The molecule has 0 saturated heterocycles. The van der Waals surface area contributed by atoms with Gasteiger partial charge in [0.15, 0.2) is 5.82 Å². The fourth-order valence-corrected chi connectivity index (χ4v) is 2.54. The van der Waals surface area contributed by atoms with Crippen molar-refractivity contribution >= 4 is 28.9 Å². The predicted molar refractivity (Wildman–Crippen MR) is 67.6 cm³/mol. The standard InChI is InChI=1S/C10H11ClN4O2S/c1-6(10(16)17)2-4-15-9(12-13-14-15)8-7(11)3-5-18-8/h3,5-6H,2,4H2,1H3,(H,16,17). The lowest BCUT2D eigenvalue weighted by Crippen LogP contribution is -2.13. The SMILES string of the molecule is CC(CCn1nnnc1-c1sccc1Cl)C(=O)O. The third-order valence-electron chi connectivity index (χ3n) is 2.55. The van der Waals surface area contributed by atoms with Crippen molar-refractivity contribution in [1.29, 1.82) is 0 Å². The molecule has 18 heavy (non-hydrogen) atoms. The summed E-state index contributed by atoms with van der Waals surface area (Å²) in [5, 5.41) is 22.7. The van der Waals surface area contributed by atoms with Gasteiger partial charge in [0, 0.05) is 6.54 Å². The molecule has 0 aliphatic carbocycles. The van der Waals surface area contributed by atoms with Crippen LogP contribution < -0.4 is 0 Å². The highest BCUT2D eigenvalue weighted by molar-refractivity contribution is 7.14. The maximum absolute atomic E-state index is 10.7. The third kappa shape index (κ3) is 2.68. The number of aryl methyl sites for hydroxylation is 1. The first-order valence-corrected chi connectivity index (χ1v) is 6.57. The molecule has 0 aromatic carbocycles. The van der Waals surface area contributed by atoms with Crippen molar-refractivity contribution in [1.82, 2.24) is 20.2 Å². The van der Waals surface area contributed by atoms with Crippen LogP contribution in [0.5, 0.6) is 0 Å². The number of halogens is 1. The van der Waals surface area contributed by atoms with E-state index in [1.54, 1.807) is 17.7 Å². The Morgan fingerprint density at radius 1 is 1.67 bits per heavy atom. The smallest absolute Gasteiger partial charge is 0.306 e. The Balaban J connectivity index is 2.14. The lowest BCUT2D eigenvalue weighted by Gasteiger charge is -2.06. The van der Waals surface area contributed by atoms with Crippen LogP contribution in [0.15, 0.2) is 11.4 Å². The summed E-state index contributed by atoms with van der Waals surface area (Å²) >= 11 is 7.47. The van der Waals surface area contributed by atoms with Gasteiger partial charge in [-0.1, -0.05) is 18.5 Å². The number of hydrogen-bond donors (Lipinski definition) is 1. The van der Waals surface area contributed by atoms with E-state index in [0.29, 0.717) is 23.8 Å². The zero-order chi connectivity index (χ0) is 13.1. The van der Waals surface area contributed by atoms with Crippen molar-refractivity contribution < 1.29 is 9.90 Å². The Morgan fingerprint density at radius 2 is 2.44 bits per heavy atom. The van der Waals surface area contributed by atoms with Gasteiger partial charge in [0.25, 0.3) is 0 Å². The monoisotopic (exact) mass is 286 g/mol. The molecule has 1 N–H and O–H groups in total. The summed E-state index contributed by atoms with van der Waals surface area (Å²) in [6.45, 7) is 2.11. The molecule has 2 aromatic rings. The van der Waals surface area contributed by atoms with Crippen molar-refractivity contribution in [3.63, 3.8) is 0 Å². The van der Waals surface area contributed by atoms with Gasteiger partial charge in [0.2, 0.25) is 0 Å². The molecular weight excluding hydrogens is 276 g/mol. The topological polar surface area (TPSA) is 80.9 Å². The lowest BCUT2D eigenvalue weighted by molar-refractivity contribution is -0.141. The molecule has 0 aliphatic rings. The van der Waals surface area contributed by atoms with Gasteiger partial charge in [-0.05, 0) is 28.3 Å². The fourth-order valence-electron chi connectivity index (χ4n) is 1.41. The quantitative estimate of drug-likeness (QED) is 0.911. The van der Waals surface area contributed by atoms with Crippen molar-refractivity contribution in [2.24, 2.45) is 5.92 Å². The summed E-state index contributed by atoms with van der Waals surface area (Å²) in [5.41, 5.74) is 0. The molecule has 0 amide bonds. The minimum atomic E-state index is -0.821. The second kappa shape index (κ2) is 5.45. The molecular formula is C10H11ClN4O2S.